The largest absolute Gasteiger partial charge is 0.481 e. The van der Waals surface area contributed by atoms with Gasteiger partial charge in [0.1, 0.15) is 5.75 Å². The van der Waals surface area contributed by atoms with Crippen molar-refractivity contribution in [2.75, 3.05) is 22.9 Å². The number of amides is 1. The molecular weight excluding hydrogens is 413 g/mol. The van der Waals surface area contributed by atoms with Gasteiger partial charge in [-0.05, 0) is 55.7 Å². The zero-order valence-corrected chi connectivity index (χ0v) is 16.4. The summed E-state index contributed by atoms with van der Waals surface area (Å²) in [6, 6.07) is 10.2. The van der Waals surface area contributed by atoms with Crippen LogP contribution in [0.15, 0.2) is 42.5 Å². The van der Waals surface area contributed by atoms with E-state index >= 15 is 0 Å². The average molecular weight is 432 g/mol. The van der Waals surface area contributed by atoms with Crippen molar-refractivity contribution in [1.29, 1.82) is 0 Å². The number of nitrogens with zero attached hydrogens (tertiary/aromatic N) is 2. The van der Waals surface area contributed by atoms with Gasteiger partial charge in [-0.15, -0.1) is 0 Å². The van der Waals surface area contributed by atoms with Crippen LogP contribution < -0.4 is 14.5 Å². The predicted octanol–water partition coefficient (Wildman–Crippen LogP) is 4.21. The fourth-order valence-corrected chi connectivity index (χ4v) is 4.27. The maximum absolute atomic E-state index is 13.4. The molecule has 2 aromatic carbocycles. The molecule has 31 heavy (non-hydrogen) atoms. The van der Waals surface area contributed by atoms with Gasteiger partial charge in [-0.25, -0.2) is 0 Å². The molecule has 5 rings (SSSR count). The number of hydrogen-bond acceptors (Lipinski definition) is 4. The number of halogens is 3. The number of ether oxygens (including phenoxy) is 1. The van der Waals surface area contributed by atoms with E-state index in [2.05, 4.69) is 0 Å². The minimum absolute atomic E-state index is 0.0365. The van der Waals surface area contributed by atoms with E-state index < -0.39 is 29.2 Å². The summed E-state index contributed by atoms with van der Waals surface area (Å²) < 4.78 is 45.5. The zero-order chi connectivity index (χ0) is 22.0. The van der Waals surface area contributed by atoms with Gasteiger partial charge in [0.15, 0.2) is 5.60 Å². The number of carboxylic acids is 1. The number of fused-ring (bicyclic) bond motifs is 1. The van der Waals surface area contributed by atoms with E-state index in [1.165, 1.54) is 11.0 Å². The molecule has 1 saturated heterocycles. The number of aliphatic carboxylic acids is 1. The van der Waals surface area contributed by atoms with Crippen LogP contribution in [0.25, 0.3) is 0 Å². The Hall–Kier alpha value is -3.23. The average Bonchev–Trinajstić information content (AvgIpc) is 2.64. The Morgan fingerprint density at radius 1 is 1.10 bits per heavy atom. The third-order valence-corrected chi connectivity index (χ3v) is 6.27. The van der Waals surface area contributed by atoms with Crippen molar-refractivity contribution >= 4 is 28.9 Å². The summed E-state index contributed by atoms with van der Waals surface area (Å²) >= 11 is 0. The van der Waals surface area contributed by atoms with Gasteiger partial charge in [0, 0.05) is 18.8 Å². The smallest absolute Gasteiger partial charge is 0.416 e. The number of carbonyl (C=O) groups excluding carboxylic acids is 1. The van der Waals surface area contributed by atoms with E-state index in [0.29, 0.717) is 31.6 Å². The Labute approximate surface area is 175 Å². The molecule has 2 aromatic rings. The van der Waals surface area contributed by atoms with Crippen molar-refractivity contribution in [3.05, 3.63) is 48.0 Å². The molecule has 0 unspecified atom stereocenters. The van der Waals surface area contributed by atoms with Gasteiger partial charge in [0.2, 0.25) is 0 Å². The molecular formula is C22H19F3N2O4. The molecule has 1 spiro atoms. The number of hydrogen-bond donors (Lipinski definition) is 1. The summed E-state index contributed by atoms with van der Waals surface area (Å²) in [5.41, 5.74) is -0.440. The number of carbonyl (C=O) groups is 2. The first-order chi connectivity index (χ1) is 14.7. The molecule has 0 bridgehead atoms. The van der Waals surface area contributed by atoms with Crippen LogP contribution in [-0.4, -0.2) is 35.7 Å². The standard InChI is InChI=1S/C22H19F3N2O4/c23-22(24,25)14-5-6-17-18(9-14)31-21(7-2-8-21)20(30)27(17)16-4-1-3-15(10-16)26-11-13(12-26)19(28)29/h1,3-6,9-10,13H,2,7-8,11-12H2,(H,28,29). The van der Waals surface area contributed by atoms with Crippen LogP contribution in [0.2, 0.25) is 0 Å². The highest BCUT2D eigenvalue weighted by Gasteiger charge is 2.53. The van der Waals surface area contributed by atoms with Crippen LogP contribution in [0.3, 0.4) is 0 Å². The van der Waals surface area contributed by atoms with Crippen LogP contribution >= 0.6 is 0 Å². The van der Waals surface area contributed by atoms with Crippen LogP contribution in [0.1, 0.15) is 24.8 Å². The molecule has 1 amide bonds. The molecule has 1 N–H and O–H groups in total. The second-order valence-corrected chi connectivity index (χ2v) is 8.23. The summed E-state index contributed by atoms with van der Waals surface area (Å²) in [5.74, 6) is -1.55. The third-order valence-electron chi connectivity index (χ3n) is 6.27. The van der Waals surface area contributed by atoms with Gasteiger partial charge in [-0.2, -0.15) is 13.2 Å². The van der Waals surface area contributed by atoms with Crippen LogP contribution in [-0.2, 0) is 15.8 Å². The van der Waals surface area contributed by atoms with Gasteiger partial charge in [0.25, 0.3) is 5.91 Å². The molecule has 0 atom stereocenters. The van der Waals surface area contributed by atoms with Gasteiger partial charge >= 0.3 is 12.1 Å². The number of alkyl halides is 3. The summed E-state index contributed by atoms with van der Waals surface area (Å²) in [5, 5.41) is 9.10. The fourth-order valence-electron chi connectivity index (χ4n) is 4.27. The Morgan fingerprint density at radius 3 is 2.42 bits per heavy atom. The topological polar surface area (TPSA) is 70.1 Å². The highest BCUT2D eigenvalue weighted by atomic mass is 19.4. The van der Waals surface area contributed by atoms with Gasteiger partial charge < -0.3 is 14.7 Å². The molecule has 2 aliphatic heterocycles. The Balaban J connectivity index is 1.54. The number of carboxylic acid groups (broad SMARTS) is 1. The molecule has 2 fully saturated rings. The van der Waals surface area contributed by atoms with Crippen molar-refractivity contribution < 1.29 is 32.6 Å². The normalized spacial score (nSPS) is 20.0. The Bertz CT molecular complexity index is 1070. The maximum Gasteiger partial charge on any atom is 0.416 e. The molecule has 2 heterocycles. The van der Waals surface area contributed by atoms with Crippen molar-refractivity contribution in [2.45, 2.75) is 31.0 Å². The van der Waals surface area contributed by atoms with Gasteiger partial charge in [0.05, 0.1) is 22.9 Å². The quantitative estimate of drug-likeness (QED) is 0.787. The van der Waals surface area contributed by atoms with Crippen LogP contribution in [0, 0.1) is 5.92 Å². The van der Waals surface area contributed by atoms with Crippen molar-refractivity contribution in [1.82, 2.24) is 0 Å². The monoisotopic (exact) mass is 432 g/mol. The lowest BCUT2D eigenvalue weighted by Gasteiger charge is -2.47. The van der Waals surface area contributed by atoms with E-state index in [1.807, 2.05) is 11.0 Å². The molecule has 162 valence electrons. The summed E-state index contributed by atoms with van der Waals surface area (Å²) in [6.07, 6.45) is -2.86. The van der Waals surface area contributed by atoms with E-state index in [1.54, 1.807) is 18.2 Å². The lowest BCUT2D eigenvalue weighted by molar-refractivity contribution is -0.143. The fraction of sp³-hybridized carbons (Fsp3) is 0.364. The molecule has 1 saturated carbocycles. The van der Waals surface area contributed by atoms with Crippen molar-refractivity contribution in [3.63, 3.8) is 0 Å². The first kappa shape index (κ1) is 19.7. The van der Waals surface area contributed by atoms with Crippen LogP contribution in [0.5, 0.6) is 5.75 Å². The molecule has 6 nitrogen and oxygen atoms in total. The number of rotatable bonds is 3. The molecule has 1 aliphatic carbocycles. The van der Waals surface area contributed by atoms with Gasteiger partial charge in [-0.3, -0.25) is 14.5 Å². The number of anilines is 3. The number of benzene rings is 2. The lowest BCUT2D eigenvalue weighted by atomic mass is 9.77. The summed E-state index contributed by atoms with van der Waals surface area (Å²) in [7, 11) is 0. The molecule has 0 aromatic heterocycles. The molecule has 9 heteroatoms. The minimum Gasteiger partial charge on any atom is -0.481 e. The minimum atomic E-state index is -4.52. The van der Waals surface area contributed by atoms with Crippen LogP contribution in [0.4, 0.5) is 30.2 Å². The van der Waals surface area contributed by atoms with E-state index in [4.69, 9.17) is 9.84 Å². The van der Waals surface area contributed by atoms with Gasteiger partial charge in [-0.1, -0.05) is 6.07 Å². The molecule has 0 radical (unpaired) electrons. The highest BCUT2D eigenvalue weighted by Crippen LogP contribution is 2.50. The molecule has 3 aliphatic rings. The first-order valence-electron chi connectivity index (χ1n) is 10.0. The SMILES string of the molecule is O=C(O)C1CN(c2cccc(N3C(=O)C4(CCC4)Oc4cc(C(F)(F)F)ccc43)c2)C1. The van der Waals surface area contributed by atoms with Crippen molar-refractivity contribution in [3.8, 4) is 5.75 Å². The second kappa shape index (κ2) is 6.63. The van der Waals surface area contributed by atoms with E-state index in [9.17, 15) is 22.8 Å². The van der Waals surface area contributed by atoms with Crippen molar-refractivity contribution in [2.24, 2.45) is 5.92 Å². The van der Waals surface area contributed by atoms with E-state index in [-0.39, 0.29) is 17.3 Å². The summed E-state index contributed by atoms with van der Waals surface area (Å²) in [6.45, 7) is 0.733. The zero-order valence-electron chi connectivity index (χ0n) is 16.4. The first-order valence-corrected chi connectivity index (χ1v) is 10.0. The maximum atomic E-state index is 13.4. The Kier molecular flexibility index (Phi) is 4.22. The van der Waals surface area contributed by atoms with E-state index in [0.717, 1.165) is 24.2 Å². The second-order valence-electron chi connectivity index (χ2n) is 8.23. The summed E-state index contributed by atoms with van der Waals surface area (Å²) in [4.78, 5) is 27.8. The third kappa shape index (κ3) is 3.10. The lowest BCUT2D eigenvalue weighted by Crippen LogP contribution is -2.58. The predicted molar refractivity (Wildman–Crippen MR) is 106 cm³/mol. The Morgan fingerprint density at radius 2 is 1.81 bits per heavy atom. The highest BCUT2D eigenvalue weighted by molar-refractivity contribution is 6.09.